The highest BCUT2D eigenvalue weighted by molar-refractivity contribution is 7.09. The van der Waals surface area contributed by atoms with Gasteiger partial charge in [0.15, 0.2) is 0 Å². The number of ether oxygens (including phenoxy) is 1. The van der Waals surface area contributed by atoms with Crippen molar-refractivity contribution in [2.45, 2.75) is 32.3 Å². The van der Waals surface area contributed by atoms with Gasteiger partial charge in [0.05, 0.1) is 12.7 Å². The number of likely N-dealkylation sites (N-methyl/N-ethyl adjacent to an activating group) is 1. The SMILES string of the molecule is CCc1nsc(N(CC2CC2)C[C@@H]2CN(C)CCO2)n1. The second-order valence-corrected chi connectivity index (χ2v) is 6.68. The van der Waals surface area contributed by atoms with E-state index in [4.69, 9.17) is 4.74 Å². The zero-order chi connectivity index (χ0) is 13.9. The molecule has 1 atom stereocenters. The van der Waals surface area contributed by atoms with Crippen molar-refractivity contribution in [1.82, 2.24) is 14.3 Å². The van der Waals surface area contributed by atoms with E-state index in [-0.39, 0.29) is 0 Å². The van der Waals surface area contributed by atoms with Gasteiger partial charge in [0.25, 0.3) is 0 Å². The van der Waals surface area contributed by atoms with Crippen LogP contribution in [0.2, 0.25) is 0 Å². The van der Waals surface area contributed by atoms with Gasteiger partial charge >= 0.3 is 0 Å². The first-order valence-corrected chi connectivity index (χ1v) is 8.39. The minimum absolute atomic E-state index is 0.293. The lowest BCUT2D eigenvalue weighted by Gasteiger charge is -2.33. The standard InChI is InChI=1S/C14H24N4OS/c1-3-13-15-14(20-16-13)18(8-11-4-5-11)10-12-9-17(2)6-7-19-12/h11-12H,3-10H2,1-2H3/t12-/m0/s1. The smallest absolute Gasteiger partial charge is 0.205 e. The number of aryl methyl sites for hydroxylation is 1. The minimum Gasteiger partial charge on any atom is -0.374 e. The Bertz CT molecular complexity index is 435. The van der Waals surface area contributed by atoms with Crippen LogP contribution in [0.4, 0.5) is 5.13 Å². The third-order valence-electron chi connectivity index (χ3n) is 3.99. The lowest BCUT2D eigenvalue weighted by Crippen LogP contribution is -2.46. The average molecular weight is 296 g/mol. The highest BCUT2D eigenvalue weighted by Gasteiger charge is 2.28. The van der Waals surface area contributed by atoms with E-state index in [1.165, 1.54) is 24.4 Å². The molecule has 1 aliphatic carbocycles. The van der Waals surface area contributed by atoms with E-state index in [9.17, 15) is 0 Å². The average Bonchev–Trinajstić information content (AvgIpc) is 3.12. The fraction of sp³-hybridized carbons (Fsp3) is 0.857. The topological polar surface area (TPSA) is 41.5 Å². The summed E-state index contributed by atoms with van der Waals surface area (Å²) in [5.41, 5.74) is 0. The number of morpholine rings is 1. The molecule has 1 aliphatic heterocycles. The first-order chi connectivity index (χ1) is 9.74. The van der Waals surface area contributed by atoms with Crippen LogP contribution in [0.1, 0.15) is 25.6 Å². The van der Waals surface area contributed by atoms with Crippen LogP contribution in [0, 0.1) is 5.92 Å². The van der Waals surface area contributed by atoms with Crippen LogP contribution in [-0.2, 0) is 11.2 Å². The lowest BCUT2D eigenvalue weighted by atomic mass is 10.2. The van der Waals surface area contributed by atoms with Crippen LogP contribution >= 0.6 is 11.5 Å². The summed E-state index contributed by atoms with van der Waals surface area (Å²) < 4.78 is 10.3. The van der Waals surface area contributed by atoms with Crippen molar-refractivity contribution in [3.8, 4) is 0 Å². The molecule has 0 amide bonds. The number of aromatic nitrogens is 2. The van der Waals surface area contributed by atoms with Crippen molar-refractivity contribution in [3.05, 3.63) is 5.82 Å². The van der Waals surface area contributed by atoms with E-state index < -0.39 is 0 Å². The van der Waals surface area contributed by atoms with E-state index in [1.807, 2.05) is 0 Å². The van der Waals surface area contributed by atoms with Crippen molar-refractivity contribution in [2.75, 3.05) is 44.7 Å². The molecule has 2 heterocycles. The molecule has 0 N–H and O–H groups in total. The summed E-state index contributed by atoms with van der Waals surface area (Å²) in [5.74, 6) is 1.82. The molecule has 0 unspecified atom stereocenters. The summed E-state index contributed by atoms with van der Waals surface area (Å²) in [5, 5.41) is 1.07. The predicted octanol–water partition coefficient (Wildman–Crippen LogP) is 1.65. The highest BCUT2D eigenvalue weighted by Crippen LogP contribution is 2.32. The van der Waals surface area contributed by atoms with E-state index in [0.29, 0.717) is 6.10 Å². The molecular formula is C14H24N4OS. The van der Waals surface area contributed by atoms with E-state index in [1.54, 1.807) is 0 Å². The zero-order valence-electron chi connectivity index (χ0n) is 12.4. The van der Waals surface area contributed by atoms with Gasteiger partial charge in [-0.3, -0.25) is 0 Å². The Morgan fingerprint density at radius 1 is 1.40 bits per heavy atom. The summed E-state index contributed by atoms with van der Waals surface area (Å²) in [4.78, 5) is 9.41. The molecular weight excluding hydrogens is 272 g/mol. The van der Waals surface area contributed by atoms with Crippen LogP contribution in [-0.4, -0.2) is 60.2 Å². The second kappa shape index (κ2) is 6.37. The van der Waals surface area contributed by atoms with Crippen molar-refractivity contribution >= 4 is 16.7 Å². The van der Waals surface area contributed by atoms with Gasteiger partial charge in [-0.15, -0.1) is 0 Å². The molecule has 0 bridgehead atoms. The maximum absolute atomic E-state index is 5.91. The summed E-state index contributed by atoms with van der Waals surface area (Å²) in [6.07, 6.45) is 3.93. The van der Waals surface area contributed by atoms with Gasteiger partial charge in [0, 0.05) is 44.1 Å². The number of hydrogen-bond acceptors (Lipinski definition) is 6. The maximum Gasteiger partial charge on any atom is 0.205 e. The first kappa shape index (κ1) is 14.2. The second-order valence-electron chi connectivity index (χ2n) is 5.95. The largest absolute Gasteiger partial charge is 0.374 e. The molecule has 5 nitrogen and oxygen atoms in total. The highest BCUT2D eigenvalue weighted by atomic mass is 32.1. The van der Waals surface area contributed by atoms with Crippen molar-refractivity contribution in [1.29, 1.82) is 0 Å². The first-order valence-electron chi connectivity index (χ1n) is 7.62. The molecule has 2 aliphatic rings. The minimum atomic E-state index is 0.293. The van der Waals surface area contributed by atoms with Crippen LogP contribution < -0.4 is 4.90 Å². The molecule has 0 radical (unpaired) electrons. The Balaban J connectivity index is 1.65. The molecule has 1 aromatic heterocycles. The normalized spacial score (nSPS) is 24.0. The van der Waals surface area contributed by atoms with Gasteiger partial charge in [-0.2, -0.15) is 4.37 Å². The van der Waals surface area contributed by atoms with Crippen molar-refractivity contribution < 1.29 is 4.74 Å². The number of hydrogen-bond donors (Lipinski definition) is 0. The summed E-state index contributed by atoms with van der Waals surface area (Å²) in [6, 6.07) is 0. The zero-order valence-corrected chi connectivity index (χ0v) is 13.2. The molecule has 1 aromatic rings. The van der Waals surface area contributed by atoms with Gasteiger partial charge in [-0.1, -0.05) is 6.92 Å². The third-order valence-corrected chi connectivity index (χ3v) is 4.80. The summed E-state index contributed by atoms with van der Waals surface area (Å²) in [6.45, 7) is 7.06. The van der Waals surface area contributed by atoms with Crippen molar-refractivity contribution in [2.24, 2.45) is 5.92 Å². The van der Waals surface area contributed by atoms with Crippen LogP contribution in [0.25, 0.3) is 0 Å². The third kappa shape index (κ3) is 3.68. The Kier molecular flexibility index (Phi) is 4.53. The van der Waals surface area contributed by atoms with E-state index in [0.717, 1.165) is 56.1 Å². The van der Waals surface area contributed by atoms with Crippen molar-refractivity contribution in [3.63, 3.8) is 0 Å². The monoisotopic (exact) mass is 296 g/mol. The Morgan fingerprint density at radius 2 is 2.25 bits per heavy atom. The Morgan fingerprint density at radius 3 is 2.90 bits per heavy atom. The number of nitrogens with zero attached hydrogens (tertiary/aromatic N) is 4. The molecule has 1 saturated heterocycles. The van der Waals surface area contributed by atoms with Crippen LogP contribution in [0.3, 0.4) is 0 Å². The predicted molar refractivity (Wildman–Crippen MR) is 81.5 cm³/mol. The molecule has 0 spiro atoms. The fourth-order valence-electron chi connectivity index (χ4n) is 2.58. The quantitative estimate of drug-likeness (QED) is 0.798. The molecule has 1 saturated carbocycles. The van der Waals surface area contributed by atoms with Crippen LogP contribution in [0.5, 0.6) is 0 Å². The molecule has 20 heavy (non-hydrogen) atoms. The molecule has 112 valence electrons. The van der Waals surface area contributed by atoms with Crippen LogP contribution in [0.15, 0.2) is 0 Å². The molecule has 6 heteroatoms. The Hall–Kier alpha value is -0.720. The fourth-order valence-corrected chi connectivity index (χ4v) is 3.35. The van der Waals surface area contributed by atoms with Gasteiger partial charge in [-0.05, 0) is 25.8 Å². The lowest BCUT2D eigenvalue weighted by molar-refractivity contribution is -0.0148. The van der Waals surface area contributed by atoms with Gasteiger partial charge in [0.2, 0.25) is 5.13 Å². The summed E-state index contributed by atoms with van der Waals surface area (Å²) >= 11 is 1.54. The number of rotatable bonds is 6. The van der Waals surface area contributed by atoms with E-state index in [2.05, 4.69) is 33.1 Å². The maximum atomic E-state index is 5.91. The number of anilines is 1. The Labute approximate surface area is 125 Å². The van der Waals surface area contributed by atoms with Gasteiger partial charge < -0.3 is 14.5 Å². The molecule has 0 aromatic carbocycles. The van der Waals surface area contributed by atoms with E-state index >= 15 is 0 Å². The van der Waals surface area contributed by atoms with Gasteiger partial charge in [-0.25, -0.2) is 4.98 Å². The summed E-state index contributed by atoms with van der Waals surface area (Å²) in [7, 11) is 2.17. The van der Waals surface area contributed by atoms with Gasteiger partial charge in [0.1, 0.15) is 5.82 Å². The molecule has 3 rings (SSSR count). The molecule has 2 fully saturated rings.